The molecule has 0 spiro atoms. The predicted molar refractivity (Wildman–Crippen MR) is 105 cm³/mol. The van der Waals surface area contributed by atoms with Crippen molar-refractivity contribution in [2.24, 2.45) is 0 Å². The van der Waals surface area contributed by atoms with Crippen molar-refractivity contribution in [1.82, 2.24) is 9.97 Å². The van der Waals surface area contributed by atoms with Gasteiger partial charge < -0.3 is 9.47 Å². The molecule has 0 saturated heterocycles. The van der Waals surface area contributed by atoms with Crippen LogP contribution in [0.2, 0.25) is 0 Å². The molecule has 3 rings (SSSR count). The molecule has 0 saturated carbocycles. The van der Waals surface area contributed by atoms with Gasteiger partial charge in [-0.3, -0.25) is 0 Å². The van der Waals surface area contributed by atoms with Crippen LogP contribution in [0.5, 0.6) is 0 Å². The van der Waals surface area contributed by atoms with E-state index in [2.05, 4.69) is 14.7 Å². The van der Waals surface area contributed by atoms with E-state index in [1.165, 1.54) is 13.8 Å². The van der Waals surface area contributed by atoms with Crippen molar-refractivity contribution in [3.8, 4) is 0 Å². The van der Waals surface area contributed by atoms with Gasteiger partial charge in [0.2, 0.25) is 0 Å². The summed E-state index contributed by atoms with van der Waals surface area (Å²) in [5.41, 5.74) is -2.59. The van der Waals surface area contributed by atoms with E-state index in [4.69, 9.17) is 4.74 Å². The van der Waals surface area contributed by atoms with Gasteiger partial charge in [0.1, 0.15) is 4.91 Å². The summed E-state index contributed by atoms with van der Waals surface area (Å²) >= 11 is 0. The van der Waals surface area contributed by atoms with Gasteiger partial charge in [-0.2, -0.15) is 13.2 Å². The monoisotopic (exact) mass is 493 g/mol. The highest BCUT2D eigenvalue weighted by molar-refractivity contribution is 8.02. The second kappa shape index (κ2) is 8.92. The number of halogens is 5. The van der Waals surface area contributed by atoms with E-state index in [-0.39, 0.29) is 16.5 Å². The maximum absolute atomic E-state index is 13.8. The number of sulfonamides is 1. The topological polar surface area (TPSA) is 98.7 Å². The van der Waals surface area contributed by atoms with E-state index in [1.807, 2.05) is 0 Å². The summed E-state index contributed by atoms with van der Waals surface area (Å²) in [4.78, 5) is 18.4. The summed E-state index contributed by atoms with van der Waals surface area (Å²) in [6, 6.07) is 2.63. The number of ether oxygens (including phenoxy) is 2. The number of anilines is 1. The molecule has 8 nitrogen and oxygen atoms in total. The number of aryl methyl sites for hydroxylation is 1. The minimum atomic E-state index is -5.14. The maximum Gasteiger partial charge on any atom is 0.513 e. The van der Waals surface area contributed by atoms with Gasteiger partial charge in [0.25, 0.3) is 16.4 Å². The fourth-order valence-electron chi connectivity index (χ4n) is 3.11. The van der Waals surface area contributed by atoms with Gasteiger partial charge in [-0.1, -0.05) is 11.6 Å². The highest BCUT2D eigenvalue weighted by atomic mass is 32.2. The smallest absolute Gasteiger partial charge is 0.434 e. The fourth-order valence-corrected chi connectivity index (χ4v) is 4.82. The molecule has 1 aliphatic rings. The molecular weight excluding hydrogens is 477 g/mol. The average molecular weight is 493 g/mol. The first-order chi connectivity index (χ1) is 15.4. The van der Waals surface area contributed by atoms with Crippen LogP contribution in [0, 0.1) is 6.92 Å². The number of carbonyl (C=O) groups is 1. The number of nitrogens with zero attached hydrogens (tertiary/aromatic N) is 3. The quantitative estimate of drug-likeness (QED) is 0.454. The van der Waals surface area contributed by atoms with Gasteiger partial charge in [0, 0.05) is 18.0 Å². The number of alkyl halides is 5. The number of hydrogen-bond donors (Lipinski definition) is 0. The Kier molecular flexibility index (Phi) is 6.58. The van der Waals surface area contributed by atoms with Gasteiger partial charge in [-0.05, 0) is 26.0 Å². The Morgan fingerprint density at radius 3 is 2.45 bits per heavy atom. The summed E-state index contributed by atoms with van der Waals surface area (Å²) < 4.78 is 104. The third kappa shape index (κ3) is 4.74. The molecule has 0 aliphatic carbocycles. The molecule has 1 aromatic heterocycles. The standard InChI is InChI=1S/C19H16F5N3O5S/c1-3-31-18(28)32-15-14-17(26-7-6-25-14)27(9-13(20)21)33(29,30)16(15)11-8-10(2)4-5-12(11)19(22,23)24/h4-8,13H,3,9H2,1-2H3. The van der Waals surface area contributed by atoms with E-state index in [1.54, 1.807) is 0 Å². The Labute approximate surface area is 184 Å². The van der Waals surface area contributed by atoms with Crippen LogP contribution in [0.15, 0.2) is 30.6 Å². The van der Waals surface area contributed by atoms with E-state index in [0.29, 0.717) is 6.07 Å². The molecule has 0 atom stereocenters. The van der Waals surface area contributed by atoms with Crippen LogP contribution >= 0.6 is 0 Å². The molecule has 0 fully saturated rings. The first kappa shape index (κ1) is 24.4. The molecule has 178 valence electrons. The van der Waals surface area contributed by atoms with E-state index < -0.39 is 68.6 Å². The number of rotatable bonds is 5. The highest BCUT2D eigenvalue weighted by Gasteiger charge is 2.46. The van der Waals surface area contributed by atoms with Gasteiger partial charge in [-0.15, -0.1) is 0 Å². The van der Waals surface area contributed by atoms with Crippen molar-refractivity contribution in [1.29, 1.82) is 0 Å². The third-order valence-electron chi connectivity index (χ3n) is 4.36. The van der Waals surface area contributed by atoms with Crippen molar-refractivity contribution in [3.63, 3.8) is 0 Å². The number of aromatic nitrogens is 2. The van der Waals surface area contributed by atoms with Crippen LogP contribution in [0.1, 0.15) is 29.3 Å². The summed E-state index contributed by atoms with van der Waals surface area (Å²) in [5.74, 6) is -1.56. The zero-order valence-electron chi connectivity index (χ0n) is 17.1. The van der Waals surface area contributed by atoms with Crippen LogP contribution in [-0.2, 0) is 25.7 Å². The normalized spacial score (nSPS) is 15.5. The Hall–Kier alpha value is -3.29. The Balaban J connectivity index is 2.45. The van der Waals surface area contributed by atoms with Crippen LogP contribution in [0.4, 0.5) is 32.6 Å². The summed E-state index contributed by atoms with van der Waals surface area (Å²) in [6.45, 7) is 1.19. The molecule has 0 amide bonds. The molecule has 1 aliphatic heterocycles. The van der Waals surface area contributed by atoms with Crippen LogP contribution in [0.25, 0.3) is 10.7 Å². The lowest BCUT2D eigenvalue weighted by Gasteiger charge is -2.31. The van der Waals surface area contributed by atoms with Crippen molar-refractivity contribution in [2.75, 3.05) is 17.5 Å². The molecular formula is C19H16F5N3O5S. The van der Waals surface area contributed by atoms with Gasteiger partial charge in [-0.25, -0.2) is 36.3 Å². The summed E-state index contributed by atoms with van der Waals surface area (Å²) in [5, 5.41) is 0. The van der Waals surface area contributed by atoms with Crippen LogP contribution < -0.4 is 4.31 Å². The van der Waals surface area contributed by atoms with E-state index in [9.17, 15) is 35.2 Å². The van der Waals surface area contributed by atoms with Crippen molar-refractivity contribution in [2.45, 2.75) is 26.4 Å². The van der Waals surface area contributed by atoms with Crippen molar-refractivity contribution in [3.05, 3.63) is 53.0 Å². The SMILES string of the molecule is CCOC(=O)OC1=C(c2cc(C)ccc2C(F)(F)F)S(=O)(=O)N(CC(F)F)c2nccnc21. The van der Waals surface area contributed by atoms with E-state index >= 15 is 0 Å². The lowest BCUT2D eigenvalue weighted by Crippen LogP contribution is -2.40. The number of fused-ring (bicyclic) bond motifs is 1. The molecule has 33 heavy (non-hydrogen) atoms. The predicted octanol–water partition coefficient (Wildman–Crippen LogP) is 4.22. The fraction of sp³-hybridized carbons (Fsp3) is 0.316. The lowest BCUT2D eigenvalue weighted by atomic mass is 10.0. The number of carbonyl (C=O) groups excluding carboxylic acids is 1. The molecule has 0 N–H and O–H groups in total. The van der Waals surface area contributed by atoms with Crippen molar-refractivity contribution >= 4 is 32.7 Å². The Bertz CT molecular complexity index is 1210. The van der Waals surface area contributed by atoms with Gasteiger partial charge in [0.15, 0.2) is 17.3 Å². The second-order valence-electron chi connectivity index (χ2n) is 6.65. The lowest BCUT2D eigenvalue weighted by molar-refractivity contribution is -0.137. The average Bonchev–Trinajstić information content (AvgIpc) is 2.70. The summed E-state index contributed by atoms with van der Waals surface area (Å²) in [7, 11) is -5.14. The zero-order chi connectivity index (χ0) is 24.6. The highest BCUT2D eigenvalue weighted by Crippen LogP contribution is 2.46. The number of hydrogen-bond acceptors (Lipinski definition) is 7. The maximum atomic E-state index is 13.8. The first-order valence-corrected chi connectivity index (χ1v) is 10.7. The molecule has 0 bridgehead atoms. The summed E-state index contributed by atoms with van der Waals surface area (Å²) in [6.07, 6.45) is -7.64. The first-order valence-electron chi connectivity index (χ1n) is 9.27. The molecule has 2 aromatic rings. The second-order valence-corrected chi connectivity index (χ2v) is 8.45. The molecule has 1 aromatic carbocycles. The van der Waals surface area contributed by atoms with Crippen LogP contribution in [0.3, 0.4) is 0 Å². The molecule has 0 radical (unpaired) electrons. The van der Waals surface area contributed by atoms with E-state index in [0.717, 1.165) is 24.5 Å². The zero-order valence-corrected chi connectivity index (χ0v) is 17.9. The molecule has 14 heteroatoms. The van der Waals surface area contributed by atoms with Crippen LogP contribution in [-0.4, -0.2) is 44.1 Å². The largest absolute Gasteiger partial charge is 0.513 e. The molecule has 0 unspecified atom stereocenters. The molecule has 2 heterocycles. The third-order valence-corrected chi connectivity index (χ3v) is 6.18. The number of benzene rings is 1. The van der Waals surface area contributed by atoms with Crippen molar-refractivity contribution < 1.29 is 44.6 Å². The minimum Gasteiger partial charge on any atom is -0.434 e. The minimum absolute atomic E-state index is 0.135. The van der Waals surface area contributed by atoms with Gasteiger partial charge >= 0.3 is 12.3 Å². The van der Waals surface area contributed by atoms with Gasteiger partial charge in [0.05, 0.1) is 18.7 Å². The Morgan fingerprint density at radius 1 is 1.18 bits per heavy atom. The Morgan fingerprint density at radius 2 is 1.85 bits per heavy atom.